The Morgan fingerprint density at radius 3 is 2.21 bits per heavy atom. The summed E-state index contributed by atoms with van der Waals surface area (Å²) in [6.07, 6.45) is 19.2. The lowest BCUT2D eigenvalue weighted by molar-refractivity contribution is -0.703. The fourth-order valence-corrected chi connectivity index (χ4v) is 2.60. The third kappa shape index (κ3) is 7.39. The standard InChI is InChI=1S/C17H32N2/c1-3-5-7-9-10-11-13-17-18-14-16-19(17)15-12-8-6-4-2/h14,16H,3-13,15H2,1-2H3/p+1. The van der Waals surface area contributed by atoms with Crippen molar-refractivity contribution in [2.75, 3.05) is 0 Å². The molecule has 0 aliphatic carbocycles. The summed E-state index contributed by atoms with van der Waals surface area (Å²) in [5.41, 5.74) is 0. The van der Waals surface area contributed by atoms with E-state index in [0.29, 0.717) is 0 Å². The van der Waals surface area contributed by atoms with Crippen molar-refractivity contribution < 1.29 is 4.57 Å². The van der Waals surface area contributed by atoms with Crippen LogP contribution in [0.2, 0.25) is 0 Å². The lowest BCUT2D eigenvalue weighted by Crippen LogP contribution is -2.36. The number of hydrogen-bond donors (Lipinski definition) is 1. The molecule has 1 N–H and O–H groups in total. The van der Waals surface area contributed by atoms with E-state index in [0.717, 1.165) is 0 Å². The van der Waals surface area contributed by atoms with Gasteiger partial charge in [0.2, 0.25) is 0 Å². The number of nitrogens with zero attached hydrogens (tertiary/aromatic N) is 1. The van der Waals surface area contributed by atoms with Crippen molar-refractivity contribution in [3.8, 4) is 0 Å². The lowest BCUT2D eigenvalue weighted by Gasteiger charge is -2.02. The molecule has 0 bridgehead atoms. The summed E-state index contributed by atoms with van der Waals surface area (Å²) in [7, 11) is 0. The highest BCUT2D eigenvalue weighted by Crippen LogP contribution is 2.07. The predicted molar refractivity (Wildman–Crippen MR) is 82.2 cm³/mol. The zero-order valence-corrected chi connectivity index (χ0v) is 13.1. The molecule has 0 aliphatic rings. The van der Waals surface area contributed by atoms with Gasteiger partial charge in [-0.3, -0.25) is 0 Å². The van der Waals surface area contributed by atoms with Gasteiger partial charge in [0, 0.05) is 6.42 Å². The number of rotatable bonds is 12. The second kappa shape index (κ2) is 11.1. The first-order valence-electron chi connectivity index (χ1n) is 8.44. The van der Waals surface area contributed by atoms with Gasteiger partial charge in [-0.1, -0.05) is 58.8 Å². The Balaban J connectivity index is 2.13. The van der Waals surface area contributed by atoms with Crippen LogP contribution >= 0.6 is 0 Å². The van der Waals surface area contributed by atoms with E-state index < -0.39 is 0 Å². The Kier molecular flexibility index (Phi) is 9.48. The van der Waals surface area contributed by atoms with Crippen LogP contribution in [-0.2, 0) is 13.0 Å². The van der Waals surface area contributed by atoms with Gasteiger partial charge in [-0.05, 0) is 19.3 Å². The molecule has 0 spiro atoms. The molecule has 0 unspecified atom stereocenters. The van der Waals surface area contributed by atoms with Crippen LogP contribution in [0.3, 0.4) is 0 Å². The molecule has 0 amide bonds. The zero-order valence-electron chi connectivity index (χ0n) is 13.1. The fourth-order valence-electron chi connectivity index (χ4n) is 2.60. The van der Waals surface area contributed by atoms with Gasteiger partial charge >= 0.3 is 0 Å². The molecule has 19 heavy (non-hydrogen) atoms. The van der Waals surface area contributed by atoms with Gasteiger partial charge in [-0.15, -0.1) is 0 Å². The van der Waals surface area contributed by atoms with E-state index in [1.165, 1.54) is 83.0 Å². The van der Waals surface area contributed by atoms with Crippen LogP contribution < -0.4 is 4.57 Å². The molecule has 0 radical (unpaired) electrons. The fraction of sp³-hybridized carbons (Fsp3) is 0.824. The Hall–Kier alpha value is -0.790. The second-order valence-corrected chi connectivity index (χ2v) is 5.68. The number of aromatic amines is 1. The second-order valence-electron chi connectivity index (χ2n) is 5.68. The molecule has 0 fully saturated rings. The van der Waals surface area contributed by atoms with Crippen LogP contribution in [0.25, 0.3) is 0 Å². The smallest absolute Gasteiger partial charge is 0.248 e. The van der Waals surface area contributed by atoms with Crippen molar-refractivity contribution in [1.82, 2.24) is 4.98 Å². The van der Waals surface area contributed by atoms with Crippen LogP contribution in [0.1, 0.15) is 83.9 Å². The van der Waals surface area contributed by atoms with E-state index in [-0.39, 0.29) is 0 Å². The zero-order chi connectivity index (χ0) is 13.8. The number of aromatic nitrogens is 2. The Morgan fingerprint density at radius 2 is 1.47 bits per heavy atom. The molecule has 2 heteroatoms. The first kappa shape index (κ1) is 16.3. The van der Waals surface area contributed by atoms with Gasteiger partial charge in [0.15, 0.2) is 0 Å². The minimum atomic E-state index is 1.19. The summed E-state index contributed by atoms with van der Waals surface area (Å²) in [5, 5.41) is 0. The van der Waals surface area contributed by atoms with Crippen molar-refractivity contribution in [1.29, 1.82) is 0 Å². The quantitative estimate of drug-likeness (QED) is 0.414. The lowest BCUT2D eigenvalue weighted by atomic mass is 10.1. The third-order valence-electron chi connectivity index (χ3n) is 3.87. The summed E-state index contributed by atoms with van der Waals surface area (Å²) in [5.74, 6) is 1.42. The van der Waals surface area contributed by atoms with Crippen molar-refractivity contribution in [3.63, 3.8) is 0 Å². The maximum absolute atomic E-state index is 3.41. The Morgan fingerprint density at radius 1 is 0.842 bits per heavy atom. The molecule has 2 nitrogen and oxygen atoms in total. The molecule has 1 heterocycles. The SMILES string of the molecule is CCCCCCCCc1[nH]cc[n+]1CCCCCC. The number of aryl methyl sites for hydroxylation is 2. The van der Waals surface area contributed by atoms with Crippen molar-refractivity contribution in [2.45, 2.75) is 91.0 Å². The minimum absolute atomic E-state index is 1.19. The molecular formula is C17H33N2+. The number of nitrogens with one attached hydrogen (secondary N) is 1. The van der Waals surface area contributed by atoms with E-state index in [1.54, 1.807) is 0 Å². The average molecular weight is 265 g/mol. The van der Waals surface area contributed by atoms with E-state index in [4.69, 9.17) is 0 Å². The van der Waals surface area contributed by atoms with E-state index in [1.807, 2.05) is 0 Å². The number of hydrogen-bond acceptors (Lipinski definition) is 0. The van der Waals surface area contributed by atoms with Crippen LogP contribution in [0.5, 0.6) is 0 Å². The van der Waals surface area contributed by atoms with Gasteiger partial charge in [0.1, 0.15) is 12.4 Å². The van der Waals surface area contributed by atoms with E-state index in [2.05, 4.69) is 35.8 Å². The van der Waals surface area contributed by atoms with Gasteiger partial charge in [0.05, 0.1) is 6.54 Å². The van der Waals surface area contributed by atoms with E-state index in [9.17, 15) is 0 Å². The molecule has 0 saturated heterocycles. The summed E-state index contributed by atoms with van der Waals surface area (Å²) in [4.78, 5) is 3.41. The maximum atomic E-state index is 3.41. The summed E-state index contributed by atoms with van der Waals surface area (Å²) in [6.45, 7) is 5.74. The first-order valence-corrected chi connectivity index (χ1v) is 8.44. The summed E-state index contributed by atoms with van der Waals surface area (Å²) >= 11 is 0. The number of unbranched alkanes of at least 4 members (excludes halogenated alkanes) is 8. The average Bonchev–Trinajstić information content (AvgIpc) is 2.86. The number of imidazole rings is 1. The molecule has 0 aromatic carbocycles. The van der Waals surface area contributed by atoms with Crippen LogP contribution in [0.4, 0.5) is 0 Å². The highest BCUT2D eigenvalue weighted by molar-refractivity contribution is 4.77. The highest BCUT2D eigenvalue weighted by Gasteiger charge is 2.09. The first-order chi connectivity index (χ1) is 9.38. The van der Waals surface area contributed by atoms with Crippen LogP contribution in [0, 0.1) is 0 Å². The Bertz CT molecular complexity index is 304. The van der Waals surface area contributed by atoms with Gasteiger partial charge in [-0.25, -0.2) is 9.55 Å². The molecule has 110 valence electrons. The molecular weight excluding hydrogens is 232 g/mol. The van der Waals surface area contributed by atoms with Gasteiger partial charge in [0.25, 0.3) is 5.82 Å². The topological polar surface area (TPSA) is 19.7 Å². The molecule has 1 rings (SSSR count). The minimum Gasteiger partial charge on any atom is -0.248 e. The molecule has 1 aromatic heterocycles. The number of H-pyrrole nitrogens is 1. The van der Waals surface area contributed by atoms with Crippen LogP contribution in [-0.4, -0.2) is 4.98 Å². The molecule has 0 atom stereocenters. The van der Waals surface area contributed by atoms with Crippen LogP contribution in [0.15, 0.2) is 12.4 Å². The summed E-state index contributed by atoms with van der Waals surface area (Å²) in [6, 6.07) is 0. The third-order valence-corrected chi connectivity index (χ3v) is 3.87. The molecule has 1 aromatic rings. The monoisotopic (exact) mass is 265 g/mol. The van der Waals surface area contributed by atoms with Crippen molar-refractivity contribution in [3.05, 3.63) is 18.2 Å². The maximum Gasteiger partial charge on any atom is 0.254 e. The highest BCUT2D eigenvalue weighted by atomic mass is 15.1. The normalized spacial score (nSPS) is 11.1. The van der Waals surface area contributed by atoms with Gasteiger partial charge < -0.3 is 0 Å². The predicted octanol–water partition coefficient (Wildman–Crippen LogP) is 4.79. The van der Waals surface area contributed by atoms with Crippen molar-refractivity contribution >= 4 is 0 Å². The van der Waals surface area contributed by atoms with E-state index >= 15 is 0 Å². The largest absolute Gasteiger partial charge is 0.254 e. The summed E-state index contributed by atoms with van der Waals surface area (Å²) < 4.78 is 2.42. The Labute approximate surface area is 119 Å². The van der Waals surface area contributed by atoms with Gasteiger partial charge in [-0.2, -0.15) is 0 Å². The molecule has 0 saturated carbocycles. The molecule has 0 aliphatic heterocycles. The van der Waals surface area contributed by atoms with Crippen molar-refractivity contribution in [2.24, 2.45) is 0 Å².